The molecule has 0 aliphatic carbocycles. The normalized spacial score (nSPS) is 14.3. The van der Waals surface area contributed by atoms with Gasteiger partial charge in [0.25, 0.3) is 0 Å². The van der Waals surface area contributed by atoms with Gasteiger partial charge in [-0.25, -0.2) is 9.59 Å². The first-order valence-corrected chi connectivity index (χ1v) is 6.74. The number of carbonyl (C=O) groups excluding carboxylic acids is 2. The van der Waals surface area contributed by atoms with E-state index in [1.54, 1.807) is 20.8 Å². The summed E-state index contributed by atoms with van der Waals surface area (Å²) in [6.07, 6.45) is 0.134. The first-order valence-electron chi connectivity index (χ1n) is 6.74. The summed E-state index contributed by atoms with van der Waals surface area (Å²) in [5, 5.41) is 5.51. The zero-order valence-electron chi connectivity index (χ0n) is 13.0. The van der Waals surface area contributed by atoms with Crippen LogP contribution < -0.4 is 16.4 Å². The predicted molar refractivity (Wildman–Crippen MR) is 76.1 cm³/mol. The van der Waals surface area contributed by atoms with Gasteiger partial charge < -0.3 is 14.8 Å². The van der Waals surface area contributed by atoms with Crippen LogP contribution in [0.2, 0.25) is 0 Å². The minimum absolute atomic E-state index is 0.256. The molecule has 0 heterocycles. The molecule has 118 valence electrons. The Labute approximate surface area is 120 Å². The van der Waals surface area contributed by atoms with E-state index in [9.17, 15) is 9.59 Å². The molecule has 0 aliphatic rings. The van der Waals surface area contributed by atoms with Crippen LogP contribution in [-0.2, 0) is 14.3 Å². The minimum Gasteiger partial charge on any atom is -0.466 e. The van der Waals surface area contributed by atoms with E-state index >= 15 is 0 Å². The van der Waals surface area contributed by atoms with Crippen LogP contribution in [0.25, 0.3) is 0 Å². The average Bonchev–Trinajstić information content (AvgIpc) is 2.31. The molecular formula is C13H27N3O4. The van der Waals surface area contributed by atoms with Gasteiger partial charge in [-0.1, -0.05) is 6.92 Å². The van der Waals surface area contributed by atoms with Crippen molar-refractivity contribution in [3.05, 3.63) is 0 Å². The van der Waals surface area contributed by atoms with Crippen LogP contribution in [0, 0.1) is 0 Å². The molecule has 7 nitrogen and oxygen atoms in total. The standard InChI is InChI=1S/C13H27N3O4/c1-6-15-9-7-8-13(14,10(17)19-5)16-11(18)20-12(2,3)4/h15H,6-9,14H2,1-5H3,(H,16,18). The lowest BCUT2D eigenvalue weighted by molar-refractivity contribution is -0.148. The van der Waals surface area contributed by atoms with Gasteiger partial charge in [-0.2, -0.15) is 0 Å². The summed E-state index contributed by atoms with van der Waals surface area (Å²) in [5.41, 5.74) is 3.70. The van der Waals surface area contributed by atoms with Gasteiger partial charge in [0, 0.05) is 0 Å². The Bertz CT molecular complexity index is 328. The van der Waals surface area contributed by atoms with E-state index in [2.05, 4.69) is 15.4 Å². The number of hydrogen-bond acceptors (Lipinski definition) is 6. The number of ether oxygens (including phenoxy) is 2. The van der Waals surface area contributed by atoms with Gasteiger partial charge in [0.1, 0.15) is 5.60 Å². The van der Waals surface area contributed by atoms with E-state index in [-0.39, 0.29) is 6.42 Å². The van der Waals surface area contributed by atoms with Crippen LogP contribution in [0.15, 0.2) is 0 Å². The summed E-state index contributed by atoms with van der Waals surface area (Å²) in [6, 6.07) is 0. The molecule has 7 heteroatoms. The van der Waals surface area contributed by atoms with Crippen LogP contribution in [0.3, 0.4) is 0 Å². The van der Waals surface area contributed by atoms with Gasteiger partial charge in [-0.3, -0.25) is 11.1 Å². The number of nitrogens with two attached hydrogens (primary N) is 1. The van der Waals surface area contributed by atoms with Crippen molar-refractivity contribution in [2.75, 3.05) is 20.2 Å². The topological polar surface area (TPSA) is 103 Å². The molecule has 1 amide bonds. The van der Waals surface area contributed by atoms with Gasteiger partial charge in [0.15, 0.2) is 5.66 Å². The smallest absolute Gasteiger partial charge is 0.409 e. The minimum atomic E-state index is -1.58. The van der Waals surface area contributed by atoms with E-state index in [1.165, 1.54) is 7.11 Å². The molecule has 0 rings (SSSR count). The van der Waals surface area contributed by atoms with Crippen molar-refractivity contribution >= 4 is 12.1 Å². The van der Waals surface area contributed by atoms with E-state index in [0.717, 1.165) is 6.54 Å². The maximum Gasteiger partial charge on any atom is 0.409 e. The fourth-order valence-electron chi connectivity index (χ4n) is 1.55. The fourth-order valence-corrected chi connectivity index (χ4v) is 1.55. The second-order valence-corrected chi connectivity index (χ2v) is 5.55. The quantitative estimate of drug-likeness (QED) is 0.363. The number of rotatable bonds is 7. The van der Waals surface area contributed by atoms with Crippen molar-refractivity contribution in [3.63, 3.8) is 0 Å². The molecule has 0 aromatic carbocycles. The van der Waals surface area contributed by atoms with Crippen LogP contribution in [0.1, 0.15) is 40.5 Å². The maximum absolute atomic E-state index is 11.8. The Morgan fingerprint density at radius 1 is 1.25 bits per heavy atom. The molecule has 0 aromatic heterocycles. The second kappa shape index (κ2) is 8.06. The molecule has 1 unspecified atom stereocenters. The van der Waals surface area contributed by atoms with Gasteiger partial charge in [-0.15, -0.1) is 0 Å². The first-order chi connectivity index (χ1) is 9.14. The SMILES string of the molecule is CCNCCCC(N)(NC(=O)OC(C)(C)C)C(=O)OC. The highest BCUT2D eigenvalue weighted by Gasteiger charge is 2.37. The molecule has 20 heavy (non-hydrogen) atoms. The van der Waals surface area contributed by atoms with E-state index < -0.39 is 23.3 Å². The number of esters is 1. The van der Waals surface area contributed by atoms with Crippen LogP contribution in [0.5, 0.6) is 0 Å². The van der Waals surface area contributed by atoms with Crippen molar-refractivity contribution in [3.8, 4) is 0 Å². The predicted octanol–water partition coefficient (Wildman–Crippen LogP) is 0.729. The summed E-state index contributed by atoms with van der Waals surface area (Å²) >= 11 is 0. The molecule has 0 aliphatic heterocycles. The van der Waals surface area contributed by atoms with E-state index in [0.29, 0.717) is 13.0 Å². The third-order valence-electron chi connectivity index (χ3n) is 2.45. The van der Waals surface area contributed by atoms with E-state index in [1.807, 2.05) is 6.92 Å². The molecule has 1 atom stereocenters. The monoisotopic (exact) mass is 289 g/mol. The Hall–Kier alpha value is -1.34. The summed E-state index contributed by atoms with van der Waals surface area (Å²) in [7, 11) is 1.23. The highest BCUT2D eigenvalue weighted by molar-refractivity contribution is 5.85. The Morgan fingerprint density at radius 3 is 2.30 bits per heavy atom. The molecule has 0 bridgehead atoms. The van der Waals surface area contributed by atoms with E-state index in [4.69, 9.17) is 10.5 Å². The molecule has 0 saturated heterocycles. The Morgan fingerprint density at radius 2 is 1.85 bits per heavy atom. The van der Waals surface area contributed by atoms with Gasteiger partial charge in [-0.05, 0) is 46.7 Å². The summed E-state index contributed by atoms with van der Waals surface area (Å²) < 4.78 is 9.75. The molecular weight excluding hydrogens is 262 g/mol. The summed E-state index contributed by atoms with van der Waals surface area (Å²) in [5.74, 6) is -0.695. The zero-order chi connectivity index (χ0) is 15.8. The number of nitrogens with one attached hydrogen (secondary N) is 2. The van der Waals surface area contributed by atoms with Gasteiger partial charge in [0.05, 0.1) is 7.11 Å². The lowest BCUT2D eigenvalue weighted by Crippen LogP contribution is -2.62. The van der Waals surface area contributed by atoms with Crippen LogP contribution in [-0.4, -0.2) is 43.5 Å². The molecule has 4 N–H and O–H groups in total. The zero-order valence-corrected chi connectivity index (χ0v) is 13.0. The average molecular weight is 289 g/mol. The van der Waals surface area contributed by atoms with Gasteiger partial charge in [0.2, 0.25) is 0 Å². The number of amides is 1. The number of hydrogen-bond donors (Lipinski definition) is 3. The Kier molecular flexibility index (Phi) is 7.52. The number of alkyl carbamates (subject to hydrolysis) is 1. The van der Waals surface area contributed by atoms with Crippen molar-refractivity contribution in [2.24, 2.45) is 5.73 Å². The third kappa shape index (κ3) is 7.30. The summed E-state index contributed by atoms with van der Waals surface area (Å²) in [6.45, 7) is 8.70. The molecule has 0 saturated carbocycles. The van der Waals surface area contributed by atoms with Crippen molar-refractivity contribution in [1.29, 1.82) is 0 Å². The lowest BCUT2D eigenvalue weighted by atomic mass is 10.1. The first kappa shape index (κ1) is 18.7. The Balaban J connectivity index is 4.62. The number of methoxy groups -OCH3 is 1. The summed E-state index contributed by atoms with van der Waals surface area (Å²) in [4.78, 5) is 23.5. The highest BCUT2D eigenvalue weighted by atomic mass is 16.6. The largest absolute Gasteiger partial charge is 0.466 e. The van der Waals surface area contributed by atoms with Crippen molar-refractivity contribution < 1.29 is 19.1 Å². The highest BCUT2D eigenvalue weighted by Crippen LogP contribution is 2.12. The molecule has 0 spiro atoms. The van der Waals surface area contributed by atoms with Crippen molar-refractivity contribution in [1.82, 2.24) is 10.6 Å². The van der Waals surface area contributed by atoms with Crippen molar-refractivity contribution in [2.45, 2.75) is 51.8 Å². The fraction of sp³-hybridized carbons (Fsp3) is 0.846. The molecule has 0 aromatic rings. The third-order valence-corrected chi connectivity index (χ3v) is 2.45. The van der Waals surface area contributed by atoms with Gasteiger partial charge >= 0.3 is 12.1 Å². The van der Waals surface area contributed by atoms with Crippen LogP contribution >= 0.6 is 0 Å². The molecule has 0 fully saturated rings. The van der Waals surface area contributed by atoms with Crippen LogP contribution in [0.4, 0.5) is 4.79 Å². The maximum atomic E-state index is 11.8. The lowest BCUT2D eigenvalue weighted by Gasteiger charge is -2.29. The number of carbonyl (C=O) groups is 2. The second-order valence-electron chi connectivity index (χ2n) is 5.55. The molecule has 0 radical (unpaired) electrons.